The SMILES string of the molecule is O=C(c1csc(-c2ccsc2)n1)N1CCSc2ccncc21. The van der Waals surface area contributed by atoms with Crippen molar-refractivity contribution >= 4 is 46.0 Å². The van der Waals surface area contributed by atoms with Gasteiger partial charge in [0.2, 0.25) is 0 Å². The van der Waals surface area contributed by atoms with Gasteiger partial charge in [0, 0.05) is 39.7 Å². The Morgan fingerprint density at radius 1 is 1.27 bits per heavy atom. The average Bonchev–Trinajstić information content (AvgIpc) is 3.24. The summed E-state index contributed by atoms with van der Waals surface area (Å²) in [5.74, 6) is 0.844. The van der Waals surface area contributed by atoms with Gasteiger partial charge in [0.05, 0.1) is 11.9 Å². The predicted molar refractivity (Wildman–Crippen MR) is 92.1 cm³/mol. The number of anilines is 1. The summed E-state index contributed by atoms with van der Waals surface area (Å²) in [6.45, 7) is 0.688. The minimum atomic E-state index is -0.0488. The second kappa shape index (κ2) is 5.83. The molecule has 3 aromatic rings. The molecule has 0 saturated carbocycles. The van der Waals surface area contributed by atoms with Crippen LogP contribution in [-0.4, -0.2) is 28.2 Å². The molecular weight excluding hydrogens is 334 g/mol. The first-order valence-corrected chi connectivity index (χ1v) is 9.50. The summed E-state index contributed by atoms with van der Waals surface area (Å²) in [6, 6.07) is 3.98. The van der Waals surface area contributed by atoms with Gasteiger partial charge in [-0.25, -0.2) is 4.98 Å². The lowest BCUT2D eigenvalue weighted by Crippen LogP contribution is -2.35. The monoisotopic (exact) mass is 345 g/mol. The highest BCUT2D eigenvalue weighted by molar-refractivity contribution is 7.99. The fraction of sp³-hybridized carbons (Fsp3) is 0.133. The summed E-state index contributed by atoms with van der Waals surface area (Å²) in [6.07, 6.45) is 3.52. The molecule has 110 valence electrons. The molecule has 22 heavy (non-hydrogen) atoms. The topological polar surface area (TPSA) is 46.1 Å². The van der Waals surface area contributed by atoms with E-state index in [1.165, 1.54) is 11.3 Å². The molecular formula is C15H11N3OS3. The van der Waals surface area contributed by atoms with Crippen LogP contribution in [0, 0.1) is 0 Å². The van der Waals surface area contributed by atoms with Crippen LogP contribution in [0.15, 0.2) is 45.6 Å². The molecule has 0 saturated heterocycles. The van der Waals surface area contributed by atoms with E-state index in [1.807, 2.05) is 28.3 Å². The summed E-state index contributed by atoms with van der Waals surface area (Å²) in [4.78, 5) is 24.3. The molecule has 1 aliphatic heterocycles. The summed E-state index contributed by atoms with van der Waals surface area (Å²) in [5.41, 5.74) is 2.46. The molecule has 0 fully saturated rings. The van der Waals surface area contributed by atoms with Crippen LogP contribution in [0.2, 0.25) is 0 Å². The van der Waals surface area contributed by atoms with Crippen molar-refractivity contribution in [3.8, 4) is 10.6 Å². The maximum Gasteiger partial charge on any atom is 0.277 e. The maximum absolute atomic E-state index is 12.8. The Hall–Kier alpha value is -1.70. The first-order chi connectivity index (χ1) is 10.8. The Kier molecular flexibility index (Phi) is 3.69. The Morgan fingerprint density at radius 2 is 2.23 bits per heavy atom. The van der Waals surface area contributed by atoms with Gasteiger partial charge in [-0.3, -0.25) is 9.78 Å². The van der Waals surface area contributed by atoms with E-state index in [2.05, 4.69) is 9.97 Å². The van der Waals surface area contributed by atoms with Gasteiger partial charge in [-0.1, -0.05) is 0 Å². The van der Waals surface area contributed by atoms with Crippen LogP contribution in [0.3, 0.4) is 0 Å². The molecule has 0 N–H and O–H groups in total. The van der Waals surface area contributed by atoms with E-state index in [0.717, 1.165) is 26.9 Å². The number of carbonyl (C=O) groups is 1. The second-order valence-corrected chi connectivity index (χ2v) is 7.47. The molecule has 3 aromatic heterocycles. The van der Waals surface area contributed by atoms with Gasteiger partial charge in [-0.15, -0.1) is 23.1 Å². The molecule has 0 spiro atoms. The molecule has 0 aliphatic carbocycles. The molecule has 0 aromatic carbocycles. The molecule has 0 unspecified atom stereocenters. The number of thiophene rings is 1. The maximum atomic E-state index is 12.8. The minimum absolute atomic E-state index is 0.0488. The number of hydrogen-bond donors (Lipinski definition) is 0. The van der Waals surface area contributed by atoms with Crippen LogP contribution in [-0.2, 0) is 0 Å². The van der Waals surface area contributed by atoms with E-state index in [1.54, 1.807) is 40.4 Å². The number of nitrogens with zero attached hydrogens (tertiary/aromatic N) is 3. The molecule has 4 nitrogen and oxygen atoms in total. The van der Waals surface area contributed by atoms with Crippen molar-refractivity contribution in [2.45, 2.75) is 4.90 Å². The van der Waals surface area contributed by atoms with Gasteiger partial charge < -0.3 is 4.90 Å². The highest BCUT2D eigenvalue weighted by Crippen LogP contribution is 2.35. The van der Waals surface area contributed by atoms with Gasteiger partial charge >= 0.3 is 0 Å². The number of thiazole rings is 1. The van der Waals surface area contributed by atoms with E-state index >= 15 is 0 Å². The number of hydrogen-bond acceptors (Lipinski definition) is 6. The zero-order valence-corrected chi connectivity index (χ0v) is 13.9. The lowest BCUT2D eigenvalue weighted by Gasteiger charge is -2.27. The number of pyridine rings is 1. The summed E-state index contributed by atoms with van der Waals surface area (Å²) in [5, 5.41) is 6.79. The van der Waals surface area contributed by atoms with E-state index in [-0.39, 0.29) is 5.91 Å². The lowest BCUT2D eigenvalue weighted by molar-refractivity contribution is 0.0983. The van der Waals surface area contributed by atoms with Gasteiger partial charge in [-0.2, -0.15) is 11.3 Å². The quantitative estimate of drug-likeness (QED) is 0.704. The van der Waals surface area contributed by atoms with Crippen LogP contribution < -0.4 is 4.90 Å². The van der Waals surface area contributed by atoms with Crippen molar-refractivity contribution in [3.05, 3.63) is 46.4 Å². The van der Waals surface area contributed by atoms with E-state index in [9.17, 15) is 4.79 Å². The summed E-state index contributed by atoms with van der Waals surface area (Å²) < 4.78 is 0. The van der Waals surface area contributed by atoms with Crippen molar-refractivity contribution in [2.24, 2.45) is 0 Å². The third-order valence-electron chi connectivity index (χ3n) is 3.36. The van der Waals surface area contributed by atoms with E-state index < -0.39 is 0 Å². The van der Waals surface area contributed by atoms with Gasteiger partial charge in [0.15, 0.2) is 0 Å². The number of carbonyl (C=O) groups excluding carboxylic acids is 1. The van der Waals surface area contributed by atoms with E-state index in [4.69, 9.17) is 0 Å². The molecule has 7 heteroatoms. The predicted octanol–water partition coefficient (Wildman–Crippen LogP) is 4.02. The lowest BCUT2D eigenvalue weighted by atomic mass is 10.3. The second-order valence-electron chi connectivity index (χ2n) is 4.70. The van der Waals surface area contributed by atoms with Crippen molar-refractivity contribution in [3.63, 3.8) is 0 Å². The summed E-state index contributed by atoms with van der Waals surface area (Å²) in [7, 11) is 0. The van der Waals surface area contributed by atoms with Gasteiger partial charge in [-0.05, 0) is 17.5 Å². The first kappa shape index (κ1) is 13.9. The number of aromatic nitrogens is 2. The molecule has 1 amide bonds. The van der Waals surface area contributed by atoms with Crippen LogP contribution in [0.5, 0.6) is 0 Å². The minimum Gasteiger partial charge on any atom is -0.304 e. The standard InChI is InChI=1S/C15H11N3OS3/c19-15(11-9-22-14(17-11)10-2-5-20-8-10)18-4-6-21-13-1-3-16-7-12(13)18/h1-3,5,7-9H,4,6H2. The van der Waals surface area contributed by atoms with Crippen molar-refractivity contribution in [1.29, 1.82) is 0 Å². The van der Waals surface area contributed by atoms with Crippen LogP contribution >= 0.6 is 34.4 Å². The highest BCUT2D eigenvalue weighted by atomic mass is 32.2. The molecule has 0 radical (unpaired) electrons. The third kappa shape index (κ3) is 2.45. The number of fused-ring (bicyclic) bond motifs is 1. The third-order valence-corrected chi connectivity index (χ3v) is 5.98. The van der Waals surface area contributed by atoms with Crippen LogP contribution in [0.25, 0.3) is 10.6 Å². The largest absolute Gasteiger partial charge is 0.304 e. The van der Waals surface area contributed by atoms with Gasteiger partial charge in [0.25, 0.3) is 5.91 Å². The summed E-state index contributed by atoms with van der Waals surface area (Å²) >= 11 is 4.90. The fourth-order valence-corrected chi connectivity index (χ4v) is 4.77. The van der Waals surface area contributed by atoms with Crippen molar-refractivity contribution < 1.29 is 4.79 Å². The molecule has 4 rings (SSSR count). The number of amides is 1. The Labute approximate surface area is 139 Å². The Bertz CT molecular complexity index is 813. The van der Waals surface area contributed by atoms with Crippen LogP contribution in [0.4, 0.5) is 5.69 Å². The molecule has 0 atom stereocenters. The zero-order chi connectivity index (χ0) is 14.9. The molecule has 1 aliphatic rings. The van der Waals surface area contributed by atoms with Crippen molar-refractivity contribution in [1.82, 2.24) is 9.97 Å². The molecule has 0 bridgehead atoms. The van der Waals surface area contributed by atoms with Crippen molar-refractivity contribution in [2.75, 3.05) is 17.2 Å². The highest BCUT2D eigenvalue weighted by Gasteiger charge is 2.25. The number of rotatable bonds is 2. The van der Waals surface area contributed by atoms with Crippen LogP contribution in [0.1, 0.15) is 10.5 Å². The van der Waals surface area contributed by atoms with Gasteiger partial charge in [0.1, 0.15) is 10.7 Å². The first-order valence-electron chi connectivity index (χ1n) is 6.70. The van der Waals surface area contributed by atoms with E-state index in [0.29, 0.717) is 12.2 Å². The Morgan fingerprint density at radius 3 is 3.09 bits per heavy atom. The zero-order valence-electron chi connectivity index (χ0n) is 11.4. The Balaban J connectivity index is 1.66. The number of thioether (sulfide) groups is 1. The fourth-order valence-electron chi connectivity index (χ4n) is 2.31. The normalized spacial score (nSPS) is 13.9. The average molecular weight is 345 g/mol. The smallest absolute Gasteiger partial charge is 0.277 e. The molecule has 4 heterocycles.